The van der Waals surface area contributed by atoms with Gasteiger partial charge in [0, 0.05) is 25.3 Å². The van der Waals surface area contributed by atoms with Crippen molar-refractivity contribution in [3.05, 3.63) is 28.2 Å². The van der Waals surface area contributed by atoms with Crippen molar-refractivity contribution in [1.82, 2.24) is 4.90 Å². The lowest BCUT2D eigenvalue weighted by atomic mass is 10.0. The standard InChI is InChI=1S/C15H17Cl2N3O2/c1-10-12(9-19-4-6-22-7-5-19)15(21)20(18-10)11-2-3-13(16)14(17)8-11/h2-3,8,12H,4-7,9H2,1H3/t12-/m1/s1. The second kappa shape index (κ2) is 6.54. The molecule has 0 unspecified atom stereocenters. The van der Waals surface area contributed by atoms with Crippen molar-refractivity contribution < 1.29 is 9.53 Å². The fourth-order valence-corrected chi connectivity index (χ4v) is 2.95. The number of carbonyl (C=O) groups is 1. The van der Waals surface area contributed by atoms with Crippen molar-refractivity contribution in [1.29, 1.82) is 0 Å². The molecule has 22 heavy (non-hydrogen) atoms. The van der Waals surface area contributed by atoms with Crippen LogP contribution in [0.3, 0.4) is 0 Å². The Labute approximate surface area is 139 Å². The molecule has 1 fully saturated rings. The quantitative estimate of drug-likeness (QED) is 0.848. The Morgan fingerprint density at radius 1 is 1.27 bits per heavy atom. The van der Waals surface area contributed by atoms with Gasteiger partial charge in [-0.1, -0.05) is 23.2 Å². The second-order valence-corrected chi connectivity index (χ2v) is 6.27. The number of hydrogen-bond donors (Lipinski definition) is 0. The summed E-state index contributed by atoms with van der Waals surface area (Å²) in [6, 6.07) is 5.09. The minimum absolute atomic E-state index is 0.0256. The van der Waals surface area contributed by atoms with Gasteiger partial charge in [-0.25, -0.2) is 5.01 Å². The van der Waals surface area contributed by atoms with Crippen molar-refractivity contribution in [3.8, 4) is 0 Å². The molecule has 1 amide bonds. The van der Waals surface area contributed by atoms with Crippen LogP contribution < -0.4 is 5.01 Å². The number of anilines is 1. The molecular formula is C15H17Cl2N3O2. The number of rotatable bonds is 3. The van der Waals surface area contributed by atoms with E-state index in [9.17, 15) is 4.79 Å². The summed E-state index contributed by atoms with van der Waals surface area (Å²) in [5.41, 5.74) is 1.46. The van der Waals surface area contributed by atoms with Crippen LogP contribution in [0.15, 0.2) is 23.3 Å². The van der Waals surface area contributed by atoms with E-state index in [1.807, 2.05) is 6.92 Å². The number of amides is 1. The summed E-state index contributed by atoms with van der Waals surface area (Å²) in [5.74, 6) is -0.241. The van der Waals surface area contributed by atoms with Crippen LogP contribution in [-0.4, -0.2) is 49.4 Å². The van der Waals surface area contributed by atoms with Crippen molar-refractivity contribution in [2.24, 2.45) is 11.0 Å². The summed E-state index contributed by atoms with van der Waals surface area (Å²) in [4.78, 5) is 14.9. The minimum atomic E-state index is -0.215. The Balaban J connectivity index is 1.75. The van der Waals surface area contributed by atoms with Gasteiger partial charge in [-0.3, -0.25) is 9.69 Å². The predicted molar refractivity (Wildman–Crippen MR) is 87.8 cm³/mol. The molecule has 3 rings (SSSR count). The molecule has 5 nitrogen and oxygen atoms in total. The van der Waals surface area contributed by atoms with Crippen LogP contribution in [0.5, 0.6) is 0 Å². The summed E-state index contributed by atoms with van der Waals surface area (Å²) in [6.45, 7) is 5.70. The van der Waals surface area contributed by atoms with E-state index in [2.05, 4.69) is 10.0 Å². The Kier molecular flexibility index (Phi) is 4.68. The molecule has 2 aliphatic heterocycles. The topological polar surface area (TPSA) is 45.1 Å². The summed E-state index contributed by atoms with van der Waals surface area (Å²) in [7, 11) is 0. The summed E-state index contributed by atoms with van der Waals surface area (Å²) in [6.07, 6.45) is 0. The first kappa shape index (κ1) is 15.7. The molecule has 0 radical (unpaired) electrons. The molecule has 2 aliphatic rings. The average molecular weight is 342 g/mol. The van der Waals surface area contributed by atoms with E-state index in [0.717, 1.165) is 18.8 Å². The lowest BCUT2D eigenvalue weighted by Gasteiger charge is -2.28. The van der Waals surface area contributed by atoms with E-state index in [0.29, 0.717) is 35.5 Å². The minimum Gasteiger partial charge on any atom is -0.379 e. The second-order valence-electron chi connectivity index (χ2n) is 5.46. The molecule has 0 aliphatic carbocycles. The number of halogens is 2. The summed E-state index contributed by atoms with van der Waals surface area (Å²) < 4.78 is 5.34. The maximum atomic E-state index is 12.7. The van der Waals surface area contributed by atoms with E-state index in [1.165, 1.54) is 5.01 Å². The van der Waals surface area contributed by atoms with E-state index in [-0.39, 0.29) is 11.8 Å². The molecule has 0 saturated carbocycles. The molecule has 7 heteroatoms. The smallest absolute Gasteiger partial charge is 0.257 e. The molecule has 0 spiro atoms. The first-order valence-electron chi connectivity index (χ1n) is 7.20. The van der Waals surface area contributed by atoms with Crippen LogP contribution in [0.1, 0.15) is 6.92 Å². The fourth-order valence-electron chi connectivity index (χ4n) is 2.66. The largest absolute Gasteiger partial charge is 0.379 e. The van der Waals surface area contributed by atoms with Gasteiger partial charge in [0.1, 0.15) is 0 Å². The van der Waals surface area contributed by atoms with Crippen LogP contribution in [0, 0.1) is 5.92 Å². The van der Waals surface area contributed by atoms with E-state index >= 15 is 0 Å². The lowest BCUT2D eigenvalue weighted by Crippen LogP contribution is -2.43. The number of morpholine rings is 1. The van der Waals surface area contributed by atoms with Crippen LogP contribution in [0.2, 0.25) is 10.0 Å². The number of carbonyl (C=O) groups excluding carboxylic acids is 1. The first-order chi connectivity index (χ1) is 10.6. The van der Waals surface area contributed by atoms with Gasteiger partial charge in [0.2, 0.25) is 0 Å². The number of hydrogen-bond acceptors (Lipinski definition) is 4. The average Bonchev–Trinajstić information content (AvgIpc) is 2.79. The van der Waals surface area contributed by atoms with Gasteiger partial charge in [-0.05, 0) is 25.1 Å². The van der Waals surface area contributed by atoms with E-state index in [1.54, 1.807) is 18.2 Å². The number of hydrazone groups is 1. The monoisotopic (exact) mass is 341 g/mol. The highest BCUT2D eigenvalue weighted by Gasteiger charge is 2.35. The van der Waals surface area contributed by atoms with Gasteiger partial charge >= 0.3 is 0 Å². The molecule has 1 aromatic rings. The van der Waals surface area contributed by atoms with E-state index in [4.69, 9.17) is 27.9 Å². The van der Waals surface area contributed by atoms with Crippen LogP contribution in [0.25, 0.3) is 0 Å². The normalized spacial score (nSPS) is 23.0. The molecule has 0 N–H and O–H groups in total. The van der Waals surface area contributed by atoms with Gasteiger partial charge < -0.3 is 4.74 Å². The highest BCUT2D eigenvalue weighted by atomic mass is 35.5. The maximum Gasteiger partial charge on any atom is 0.257 e. The molecule has 118 valence electrons. The van der Waals surface area contributed by atoms with Gasteiger partial charge in [0.25, 0.3) is 5.91 Å². The van der Waals surface area contributed by atoms with Gasteiger partial charge in [-0.15, -0.1) is 0 Å². The van der Waals surface area contributed by atoms with Crippen molar-refractivity contribution in [2.45, 2.75) is 6.92 Å². The Hall–Kier alpha value is -1.14. The molecule has 1 atom stereocenters. The van der Waals surface area contributed by atoms with Crippen molar-refractivity contribution >= 4 is 40.5 Å². The molecular weight excluding hydrogens is 325 g/mol. The zero-order valence-corrected chi connectivity index (χ0v) is 13.8. The van der Waals surface area contributed by atoms with E-state index < -0.39 is 0 Å². The summed E-state index contributed by atoms with van der Waals surface area (Å²) in [5, 5.41) is 6.69. The van der Waals surface area contributed by atoms with Gasteiger partial charge in [-0.2, -0.15) is 5.10 Å². The van der Waals surface area contributed by atoms with Gasteiger partial charge in [0.15, 0.2) is 0 Å². The SMILES string of the molecule is CC1=NN(c2ccc(Cl)c(Cl)c2)C(=O)[C@@H]1CN1CCOCC1. The molecule has 2 heterocycles. The fraction of sp³-hybridized carbons (Fsp3) is 0.467. The third kappa shape index (κ3) is 3.13. The van der Waals surface area contributed by atoms with Crippen molar-refractivity contribution in [2.75, 3.05) is 37.9 Å². The first-order valence-corrected chi connectivity index (χ1v) is 7.96. The Morgan fingerprint density at radius 3 is 2.68 bits per heavy atom. The zero-order valence-electron chi connectivity index (χ0n) is 12.3. The lowest BCUT2D eigenvalue weighted by molar-refractivity contribution is -0.120. The molecule has 1 saturated heterocycles. The third-order valence-electron chi connectivity index (χ3n) is 3.96. The zero-order chi connectivity index (χ0) is 15.7. The van der Waals surface area contributed by atoms with Gasteiger partial charge in [0.05, 0.1) is 34.9 Å². The molecule has 1 aromatic carbocycles. The Morgan fingerprint density at radius 2 is 2.00 bits per heavy atom. The number of nitrogens with zero attached hydrogens (tertiary/aromatic N) is 3. The third-order valence-corrected chi connectivity index (χ3v) is 4.70. The van der Waals surface area contributed by atoms with Crippen LogP contribution in [0.4, 0.5) is 5.69 Å². The van der Waals surface area contributed by atoms with Crippen LogP contribution in [-0.2, 0) is 9.53 Å². The predicted octanol–water partition coefficient (Wildman–Crippen LogP) is 2.66. The molecule has 0 aromatic heterocycles. The molecule has 0 bridgehead atoms. The Bertz CT molecular complexity index is 615. The number of ether oxygens (including phenoxy) is 1. The van der Waals surface area contributed by atoms with Crippen molar-refractivity contribution in [3.63, 3.8) is 0 Å². The van der Waals surface area contributed by atoms with Crippen LogP contribution >= 0.6 is 23.2 Å². The summed E-state index contributed by atoms with van der Waals surface area (Å²) >= 11 is 11.9. The highest BCUT2D eigenvalue weighted by molar-refractivity contribution is 6.42. The maximum absolute atomic E-state index is 12.7. The highest BCUT2D eigenvalue weighted by Crippen LogP contribution is 2.30. The number of benzene rings is 1.